The summed E-state index contributed by atoms with van der Waals surface area (Å²) in [4.78, 5) is 6.84. The van der Waals surface area contributed by atoms with Gasteiger partial charge < -0.3 is 10.6 Å². The zero-order valence-corrected chi connectivity index (χ0v) is 13.0. The van der Waals surface area contributed by atoms with Gasteiger partial charge in [-0.2, -0.15) is 0 Å². The van der Waals surface area contributed by atoms with Crippen LogP contribution in [0.2, 0.25) is 0 Å². The minimum absolute atomic E-state index is 0.808. The first kappa shape index (κ1) is 15.2. The molecule has 0 radical (unpaired) electrons. The van der Waals surface area contributed by atoms with E-state index in [2.05, 4.69) is 44.8 Å². The van der Waals surface area contributed by atoms with E-state index in [0.717, 1.165) is 51.5 Å². The maximum absolute atomic E-state index is 4.33. The molecule has 0 amide bonds. The van der Waals surface area contributed by atoms with E-state index in [0.29, 0.717) is 0 Å². The van der Waals surface area contributed by atoms with Crippen LogP contribution in [0.25, 0.3) is 0 Å². The van der Waals surface area contributed by atoms with Gasteiger partial charge in [0.2, 0.25) is 0 Å². The molecule has 1 aliphatic rings. The Kier molecular flexibility index (Phi) is 5.54. The lowest BCUT2D eigenvalue weighted by molar-refractivity contribution is 0.233. The largest absolute Gasteiger partial charge is 0.314 e. The molecule has 116 valence electrons. The Hall–Kier alpha value is -1.75. The van der Waals surface area contributed by atoms with Crippen LogP contribution in [0.4, 0.5) is 0 Å². The van der Waals surface area contributed by atoms with Gasteiger partial charge in [-0.3, -0.25) is 9.88 Å². The Bertz CT molecular complexity index is 564. The summed E-state index contributed by atoms with van der Waals surface area (Å²) in [6.07, 6.45) is 1.84. The van der Waals surface area contributed by atoms with E-state index in [-0.39, 0.29) is 0 Å². The molecule has 2 aromatic rings. The third kappa shape index (κ3) is 4.63. The van der Waals surface area contributed by atoms with Crippen molar-refractivity contribution in [1.82, 2.24) is 20.5 Å². The first-order valence-electron chi connectivity index (χ1n) is 8.02. The molecule has 0 saturated carbocycles. The molecule has 22 heavy (non-hydrogen) atoms. The van der Waals surface area contributed by atoms with Gasteiger partial charge in [0.15, 0.2) is 0 Å². The molecule has 1 aromatic carbocycles. The van der Waals surface area contributed by atoms with E-state index in [1.54, 1.807) is 0 Å². The molecule has 0 unspecified atom stereocenters. The summed E-state index contributed by atoms with van der Waals surface area (Å²) >= 11 is 0. The smallest absolute Gasteiger partial charge is 0.0541 e. The van der Waals surface area contributed by atoms with Crippen molar-refractivity contribution in [2.75, 3.05) is 26.2 Å². The van der Waals surface area contributed by atoms with E-state index in [4.69, 9.17) is 0 Å². The average Bonchev–Trinajstić information content (AvgIpc) is 2.57. The van der Waals surface area contributed by atoms with Crippen LogP contribution < -0.4 is 10.6 Å². The second kappa shape index (κ2) is 8.03. The van der Waals surface area contributed by atoms with Gasteiger partial charge in [0.25, 0.3) is 0 Å². The van der Waals surface area contributed by atoms with Gasteiger partial charge in [-0.15, -0.1) is 0 Å². The SMILES string of the molecule is c1ccc(CNCc2cccc(CN3CCNCC3)c2)nc1. The van der Waals surface area contributed by atoms with Crippen molar-refractivity contribution >= 4 is 0 Å². The van der Waals surface area contributed by atoms with Crippen LogP contribution in [0.1, 0.15) is 16.8 Å². The summed E-state index contributed by atoms with van der Waals surface area (Å²) in [6.45, 7) is 7.23. The zero-order valence-electron chi connectivity index (χ0n) is 13.0. The van der Waals surface area contributed by atoms with Gasteiger partial charge in [-0.1, -0.05) is 30.3 Å². The Balaban J connectivity index is 1.50. The highest BCUT2D eigenvalue weighted by Crippen LogP contribution is 2.09. The molecule has 2 heterocycles. The quantitative estimate of drug-likeness (QED) is 0.852. The molecular weight excluding hydrogens is 272 g/mol. The Labute approximate surface area is 132 Å². The van der Waals surface area contributed by atoms with E-state index in [9.17, 15) is 0 Å². The molecule has 3 rings (SSSR count). The maximum Gasteiger partial charge on any atom is 0.0541 e. The van der Waals surface area contributed by atoms with Gasteiger partial charge in [0, 0.05) is 52.0 Å². The highest BCUT2D eigenvalue weighted by Gasteiger charge is 2.09. The Morgan fingerprint density at radius 1 is 1.00 bits per heavy atom. The topological polar surface area (TPSA) is 40.2 Å². The van der Waals surface area contributed by atoms with Crippen molar-refractivity contribution in [3.05, 3.63) is 65.5 Å². The van der Waals surface area contributed by atoms with Crippen LogP contribution in [0.5, 0.6) is 0 Å². The Morgan fingerprint density at radius 2 is 1.86 bits per heavy atom. The summed E-state index contributed by atoms with van der Waals surface area (Å²) in [5.41, 5.74) is 3.82. The molecule has 0 aliphatic carbocycles. The molecular formula is C18H24N4. The number of nitrogens with zero attached hydrogens (tertiary/aromatic N) is 2. The van der Waals surface area contributed by atoms with Crippen LogP contribution in [-0.2, 0) is 19.6 Å². The number of aromatic nitrogens is 1. The summed E-state index contributed by atoms with van der Waals surface area (Å²) < 4.78 is 0. The molecule has 4 nitrogen and oxygen atoms in total. The summed E-state index contributed by atoms with van der Waals surface area (Å²) in [6, 6.07) is 14.9. The normalized spacial score (nSPS) is 15.8. The minimum Gasteiger partial charge on any atom is -0.314 e. The number of nitrogens with one attached hydrogen (secondary N) is 2. The fraction of sp³-hybridized carbons (Fsp3) is 0.389. The number of hydrogen-bond donors (Lipinski definition) is 2. The predicted octanol–water partition coefficient (Wildman–Crippen LogP) is 1.78. The van der Waals surface area contributed by atoms with Crippen LogP contribution in [0, 0.1) is 0 Å². The third-order valence-corrected chi connectivity index (χ3v) is 3.97. The fourth-order valence-electron chi connectivity index (χ4n) is 2.80. The number of piperazine rings is 1. The standard InChI is InChI=1S/C18H24N4/c1-2-7-21-18(6-1)14-20-13-16-4-3-5-17(12-16)15-22-10-8-19-9-11-22/h1-7,12,19-20H,8-11,13-15H2. The van der Waals surface area contributed by atoms with Crippen molar-refractivity contribution in [3.63, 3.8) is 0 Å². The summed E-state index contributed by atoms with van der Waals surface area (Å²) in [5.74, 6) is 0. The van der Waals surface area contributed by atoms with E-state index in [1.807, 2.05) is 24.4 Å². The second-order valence-corrected chi connectivity index (χ2v) is 5.77. The van der Waals surface area contributed by atoms with E-state index >= 15 is 0 Å². The number of hydrogen-bond acceptors (Lipinski definition) is 4. The summed E-state index contributed by atoms with van der Waals surface area (Å²) in [5, 5.41) is 6.86. The van der Waals surface area contributed by atoms with Crippen molar-refractivity contribution < 1.29 is 0 Å². The van der Waals surface area contributed by atoms with Gasteiger partial charge in [0.05, 0.1) is 5.69 Å². The van der Waals surface area contributed by atoms with Gasteiger partial charge in [-0.05, 0) is 23.3 Å². The van der Waals surface area contributed by atoms with Crippen LogP contribution in [-0.4, -0.2) is 36.1 Å². The van der Waals surface area contributed by atoms with E-state index in [1.165, 1.54) is 11.1 Å². The molecule has 0 atom stereocenters. The lowest BCUT2D eigenvalue weighted by Crippen LogP contribution is -2.42. The molecule has 4 heteroatoms. The number of rotatable bonds is 6. The number of benzene rings is 1. The highest BCUT2D eigenvalue weighted by molar-refractivity contribution is 5.23. The first-order valence-corrected chi connectivity index (χ1v) is 8.02. The molecule has 1 fully saturated rings. The molecule has 0 spiro atoms. The van der Waals surface area contributed by atoms with Crippen molar-refractivity contribution in [2.45, 2.75) is 19.6 Å². The number of pyridine rings is 1. The van der Waals surface area contributed by atoms with E-state index < -0.39 is 0 Å². The van der Waals surface area contributed by atoms with Crippen LogP contribution in [0.3, 0.4) is 0 Å². The highest BCUT2D eigenvalue weighted by atomic mass is 15.2. The molecule has 0 bridgehead atoms. The third-order valence-electron chi connectivity index (χ3n) is 3.97. The molecule has 1 saturated heterocycles. The molecule has 2 N–H and O–H groups in total. The Morgan fingerprint density at radius 3 is 2.68 bits per heavy atom. The van der Waals surface area contributed by atoms with Crippen LogP contribution >= 0.6 is 0 Å². The summed E-state index contributed by atoms with van der Waals surface area (Å²) in [7, 11) is 0. The fourth-order valence-corrected chi connectivity index (χ4v) is 2.80. The van der Waals surface area contributed by atoms with Crippen molar-refractivity contribution in [3.8, 4) is 0 Å². The maximum atomic E-state index is 4.33. The average molecular weight is 296 g/mol. The lowest BCUT2D eigenvalue weighted by Gasteiger charge is -2.27. The van der Waals surface area contributed by atoms with Crippen molar-refractivity contribution in [1.29, 1.82) is 0 Å². The zero-order chi connectivity index (χ0) is 15.0. The lowest BCUT2D eigenvalue weighted by atomic mass is 10.1. The van der Waals surface area contributed by atoms with Gasteiger partial charge >= 0.3 is 0 Å². The minimum atomic E-state index is 0.808. The monoisotopic (exact) mass is 296 g/mol. The molecule has 1 aliphatic heterocycles. The van der Waals surface area contributed by atoms with Crippen LogP contribution in [0.15, 0.2) is 48.7 Å². The van der Waals surface area contributed by atoms with Crippen molar-refractivity contribution in [2.24, 2.45) is 0 Å². The van der Waals surface area contributed by atoms with Gasteiger partial charge in [-0.25, -0.2) is 0 Å². The predicted molar refractivity (Wildman–Crippen MR) is 89.4 cm³/mol. The first-order chi connectivity index (χ1) is 10.9. The van der Waals surface area contributed by atoms with Gasteiger partial charge in [0.1, 0.15) is 0 Å². The second-order valence-electron chi connectivity index (χ2n) is 5.77. The molecule has 1 aromatic heterocycles.